The van der Waals surface area contributed by atoms with Gasteiger partial charge in [-0.25, -0.2) is 10.3 Å². The van der Waals surface area contributed by atoms with Crippen molar-refractivity contribution in [3.8, 4) is 11.5 Å². The van der Waals surface area contributed by atoms with Gasteiger partial charge in [0.15, 0.2) is 5.58 Å². The summed E-state index contributed by atoms with van der Waals surface area (Å²) in [6.07, 6.45) is 0. The molecule has 0 unspecified atom stereocenters. The van der Waals surface area contributed by atoms with Crippen LogP contribution in [0.3, 0.4) is 0 Å². The van der Waals surface area contributed by atoms with Gasteiger partial charge in [-0.15, -0.1) is 0 Å². The molecule has 0 bridgehead atoms. The van der Waals surface area contributed by atoms with E-state index < -0.39 is 0 Å². The molecule has 1 aromatic heterocycles. The Balaban J connectivity index is 1.71. The van der Waals surface area contributed by atoms with Crippen molar-refractivity contribution in [3.63, 3.8) is 0 Å². The minimum atomic E-state index is 0.677. The zero-order valence-electron chi connectivity index (χ0n) is 11.7. The molecule has 0 amide bonds. The Kier molecular flexibility index (Phi) is 3.09. The zero-order chi connectivity index (χ0) is 14.1. The Hall–Kier alpha value is -2.33. The molecule has 0 spiro atoms. The maximum absolute atomic E-state index is 5.85. The highest BCUT2D eigenvalue weighted by atomic mass is 16.3. The Bertz CT molecular complexity index is 745. The monoisotopic (exact) mass is 278 g/mol. The fourth-order valence-electron chi connectivity index (χ4n) is 2.68. The number of anilines is 1. The molecular weight excluding hydrogens is 262 g/mol. The average molecular weight is 278 g/mol. The van der Waals surface area contributed by atoms with Crippen molar-refractivity contribution in [3.05, 3.63) is 48.5 Å². The van der Waals surface area contributed by atoms with Gasteiger partial charge in [-0.2, -0.15) is 0 Å². The Morgan fingerprint density at radius 1 is 0.952 bits per heavy atom. The van der Waals surface area contributed by atoms with Crippen LogP contribution in [-0.4, -0.2) is 31.2 Å². The van der Waals surface area contributed by atoms with Crippen molar-refractivity contribution >= 4 is 16.8 Å². The van der Waals surface area contributed by atoms with Gasteiger partial charge >= 0.3 is 0 Å². The Labute approximate surface area is 123 Å². The van der Waals surface area contributed by atoms with Crippen LogP contribution in [-0.2, 0) is 0 Å². The molecule has 1 aliphatic heterocycles. The second-order valence-corrected chi connectivity index (χ2v) is 5.19. The summed E-state index contributed by atoms with van der Waals surface area (Å²) >= 11 is 0. The summed E-state index contributed by atoms with van der Waals surface area (Å²) in [6, 6.07) is 16.2. The van der Waals surface area contributed by atoms with Crippen LogP contribution in [0.15, 0.2) is 52.9 Å². The fourth-order valence-corrected chi connectivity index (χ4v) is 2.68. The van der Waals surface area contributed by atoms with Crippen molar-refractivity contribution < 1.29 is 4.42 Å². The molecule has 1 saturated heterocycles. The van der Waals surface area contributed by atoms with Crippen molar-refractivity contribution in [2.45, 2.75) is 0 Å². The van der Waals surface area contributed by atoms with E-state index in [2.05, 4.69) is 27.3 Å². The lowest BCUT2D eigenvalue weighted by Crippen LogP contribution is -2.40. The first-order chi connectivity index (χ1) is 10.4. The van der Waals surface area contributed by atoms with E-state index in [1.54, 1.807) is 0 Å². The van der Waals surface area contributed by atoms with E-state index in [0.29, 0.717) is 5.89 Å². The van der Waals surface area contributed by atoms with Crippen LogP contribution in [0, 0.1) is 0 Å². The number of fused-ring (bicyclic) bond motifs is 1. The van der Waals surface area contributed by atoms with Crippen LogP contribution in [0.5, 0.6) is 0 Å². The minimum Gasteiger partial charge on any atom is -0.436 e. The standard InChI is InChI=1S/C17H16N3O/c1-2-4-13(5-3-1)17-19-15-12-14(6-7-16(15)21-17)20-10-8-18-9-11-20/h1-7,12H,8-11H2. The van der Waals surface area contributed by atoms with Crippen LogP contribution in [0.4, 0.5) is 5.69 Å². The van der Waals surface area contributed by atoms with Crippen molar-refractivity contribution in [1.82, 2.24) is 10.3 Å². The highest BCUT2D eigenvalue weighted by molar-refractivity contribution is 5.80. The van der Waals surface area contributed by atoms with Gasteiger partial charge in [-0.3, -0.25) is 0 Å². The molecule has 0 saturated carbocycles. The molecule has 3 aromatic rings. The number of hydrogen-bond acceptors (Lipinski definition) is 3. The zero-order valence-corrected chi connectivity index (χ0v) is 11.7. The van der Waals surface area contributed by atoms with Gasteiger partial charge in [0, 0.05) is 37.4 Å². The van der Waals surface area contributed by atoms with E-state index in [1.807, 2.05) is 36.4 Å². The third kappa shape index (κ3) is 2.38. The first kappa shape index (κ1) is 12.4. The molecule has 1 aliphatic rings. The van der Waals surface area contributed by atoms with Gasteiger partial charge in [0.2, 0.25) is 5.89 Å². The van der Waals surface area contributed by atoms with Gasteiger partial charge in [-0.05, 0) is 30.3 Å². The average Bonchev–Trinajstić information content (AvgIpc) is 2.99. The first-order valence-electron chi connectivity index (χ1n) is 7.24. The molecule has 0 aliphatic carbocycles. The molecule has 2 aromatic carbocycles. The van der Waals surface area contributed by atoms with Crippen molar-refractivity contribution in [1.29, 1.82) is 0 Å². The number of piperazine rings is 1. The van der Waals surface area contributed by atoms with Crippen molar-refractivity contribution in [2.24, 2.45) is 0 Å². The van der Waals surface area contributed by atoms with Crippen LogP contribution >= 0.6 is 0 Å². The molecule has 0 N–H and O–H groups in total. The summed E-state index contributed by atoms with van der Waals surface area (Å²) < 4.78 is 5.85. The Morgan fingerprint density at radius 3 is 2.57 bits per heavy atom. The maximum atomic E-state index is 5.85. The maximum Gasteiger partial charge on any atom is 0.227 e. The Morgan fingerprint density at radius 2 is 1.76 bits per heavy atom. The van der Waals surface area contributed by atoms with Crippen molar-refractivity contribution in [2.75, 3.05) is 31.1 Å². The molecule has 4 heteroatoms. The molecule has 21 heavy (non-hydrogen) atoms. The number of benzene rings is 2. The summed E-state index contributed by atoms with van der Waals surface area (Å²) in [5.41, 5.74) is 3.95. The number of hydrogen-bond donors (Lipinski definition) is 0. The van der Waals surface area contributed by atoms with Crippen LogP contribution in [0.1, 0.15) is 0 Å². The normalized spacial score (nSPS) is 15.5. The molecule has 1 radical (unpaired) electrons. The highest BCUT2D eigenvalue weighted by Gasteiger charge is 2.14. The predicted molar refractivity (Wildman–Crippen MR) is 83.5 cm³/mol. The predicted octanol–water partition coefficient (Wildman–Crippen LogP) is 2.92. The minimum absolute atomic E-state index is 0.677. The fraction of sp³-hybridized carbons (Fsp3) is 0.235. The lowest BCUT2D eigenvalue weighted by Gasteiger charge is -2.28. The SMILES string of the molecule is c1ccc(-c2nc3cc(N4CC[N]CC4)ccc3o2)cc1. The second-order valence-electron chi connectivity index (χ2n) is 5.19. The largest absolute Gasteiger partial charge is 0.436 e. The summed E-state index contributed by atoms with van der Waals surface area (Å²) in [7, 11) is 0. The van der Waals surface area contributed by atoms with Crippen LogP contribution in [0.25, 0.3) is 22.6 Å². The third-order valence-corrected chi connectivity index (χ3v) is 3.81. The molecule has 4 rings (SSSR count). The van der Waals surface area contributed by atoms with Crippen LogP contribution < -0.4 is 10.2 Å². The van der Waals surface area contributed by atoms with Gasteiger partial charge < -0.3 is 9.32 Å². The van der Waals surface area contributed by atoms with Gasteiger partial charge in [-0.1, -0.05) is 18.2 Å². The quantitative estimate of drug-likeness (QED) is 0.724. The van der Waals surface area contributed by atoms with Gasteiger partial charge in [0.25, 0.3) is 0 Å². The van der Waals surface area contributed by atoms with Gasteiger partial charge in [0.1, 0.15) is 5.52 Å². The van der Waals surface area contributed by atoms with Gasteiger partial charge in [0.05, 0.1) is 0 Å². The number of oxazole rings is 1. The highest BCUT2D eigenvalue weighted by Crippen LogP contribution is 2.27. The summed E-state index contributed by atoms with van der Waals surface area (Å²) in [4.78, 5) is 6.97. The van der Waals surface area contributed by atoms with E-state index in [4.69, 9.17) is 4.42 Å². The third-order valence-electron chi connectivity index (χ3n) is 3.81. The number of rotatable bonds is 2. The lowest BCUT2D eigenvalue weighted by atomic mass is 10.2. The smallest absolute Gasteiger partial charge is 0.227 e. The topological polar surface area (TPSA) is 43.4 Å². The number of nitrogens with zero attached hydrogens (tertiary/aromatic N) is 3. The summed E-state index contributed by atoms with van der Waals surface area (Å²) in [5, 5.41) is 4.38. The molecule has 1 fully saturated rings. The van der Waals surface area contributed by atoms with E-state index in [9.17, 15) is 0 Å². The summed E-state index contributed by atoms with van der Waals surface area (Å²) in [5.74, 6) is 0.677. The molecule has 105 valence electrons. The van der Waals surface area contributed by atoms with E-state index in [1.165, 1.54) is 5.69 Å². The number of aromatic nitrogens is 1. The lowest BCUT2D eigenvalue weighted by molar-refractivity contribution is 0.579. The molecule has 4 nitrogen and oxygen atoms in total. The second kappa shape index (κ2) is 5.22. The molecule has 2 heterocycles. The first-order valence-corrected chi connectivity index (χ1v) is 7.24. The van der Waals surface area contributed by atoms with E-state index in [0.717, 1.165) is 42.8 Å². The van der Waals surface area contributed by atoms with Crippen LogP contribution in [0.2, 0.25) is 0 Å². The van der Waals surface area contributed by atoms with E-state index >= 15 is 0 Å². The summed E-state index contributed by atoms with van der Waals surface area (Å²) in [6.45, 7) is 3.78. The molecular formula is C17H16N3O. The molecule has 0 atom stereocenters. The van der Waals surface area contributed by atoms with E-state index in [-0.39, 0.29) is 0 Å².